The molecule has 1 aliphatic carbocycles. The van der Waals surface area contributed by atoms with Gasteiger partial charge < -0.3 is 10.6 Å². The molecule has 0 bridgehead atoms. The van der Waals surface area contributed by atoms with Crippen molar-refractivity contribution in [1.29, 1.82) is 0 Å². The lowest BCUT2D eigenvalue weighted by atomic mass is 10.2. The number of benzene rings is 1. The Hall–Kier alpha value is -3.02. The van der Waals surface area contributed by atoms with Crippen molar-refractivity contribution in [3.8, 4) is 11.4 Å². The summed E-state index contributed by atoms with van der Waals surface area (Å²) in [4.78, 5) is 13.4. The van der Waals surface area contributed by atoms with Crippen LogP contribution in [0.15, 0.2) is 48.7 Å². The minimum atomic E-state index is -0.250. The van der Waals surface area contributed by atoms with Gasteiger partial charge in [0.1, 0.15) is 11.6 Å². The third-order valence-corrected chi connectivity index (χ3v) is 4.01. The summed E-state index contributed by atoms with van der Waals surface area (Å²) in [6.07, 6.45) is 3.99. The summed E-state index contributed by atoms with van der Waals surface area (Å²) in [6, 6.07) is 13.0. The fourth-order valence-corrected chi connectivity index (χ4v) is 2.45. The number of aryl methyl sites for hydroxylation is 1. The maximum Gasteiger partial charge on any atom is 0.225 e. The van der Waals surface area contributed by atoms with Crippen molar-refractivity contribution in [3.63, 3.8) is 0 Å². The zero-order chi connectivity index (χ0) is 17.2. The van der Waals surface area contributed by atoms with Gasteiger partial charge in [-0.25, -0.2) is 9.37 Å². The van der Waals surface area contributed by atoms with Gasteiger partial charge in [0.05, 0.1) is 11.4 Å². The molecule has 25 heavy (non-hydrogen) atoms. The molecule has 0 spiro atoms. The first-order valence-electron chi connectivity index (χ1n) is 8.27. The Labute approximate surface area is 145 Å². The SMILES string of the molecule is Cc1ccc(Nc2cc(-c3ccccn3)nc(NC3CC3)n2)cc1F. The molecular formula is C19H18FN5. The molecule has 0 amide bonds. The average Bonchev–Trinajstić information content (AvgIpc) is 3.43. The molecule has 0 unspecified atom stereocenters. The summed E-state index contributed by atoms with van der Waals surface area (Å²) in [5.74, 6) is 0.906. The summed E-state index contributed by atoms with van der Waals surface area (Å²) in [6.45, 7) is 1.74. The lowest BCUT2D eigenvalue weighted by molar-refractivity contribution is 0.619. The molecule has 0 saturated heterocycles. The van der Waals surface area contributed by atoms with E-state index in [4.69, 9.17) is 0 Å². The maximum absolute atomic E-state index is 13.8. The van der Waals surface area contributed by atoms with Crippen LogP contribution in [0.4, 0.5) is 21.8 Å². The van der Waals surface area contributed by atoms with Crippen LogP contribution in [0.3, 0.4) is 0 Å². The van der Waals surface area contributed by atoms with Crippen LogP contribution in [0.5, 0.6) is 0 Å². The van der Waals surface area contributed by atoms with Crippen LogP contribution in [0, 0.1) is 12.7 Å². The molecule has 1 aliphatic rings. The van der Waals surface area contributed by atoms with E-state index in [0.717, 1.165) is 18.5 Å². The first-order valence-corrected chi connectivity index (χ1v) is 8.27. The fourth-order valence-electron chi connectivity index (χ4n) is 2.45. The summed E-state index contributed by atoms with van der Waals surface area (Å²) in [7, 11) is 0. The average molecular weight is 335 g/mol. The van der Waals surface area contributed by atoms with E-state index >= 15 is 0 Å². The molecule has 2 N–H and O–H groups in total. The predicted octanol–water partition coefficient (Wildman–Crippen LogP) is 4.30. The largest absolute Gasteiger partial charge is 0.351 e. The minimum absolute atomic E-state index is 0.250. The number of rotatable bonds is 5. The minimum Gasteiger partial charge on any atom is -0.351 e. The lowest BCUT2D eigenvalue weighted by Gasteiger charge is -2.11. The summed E-state index contributed by atoms with van der Waals surface area (Å²) < 4.78 is 13.8. The van der Waals surface area contributed by atoms with Crippen LogP contribution < -0.4 is 10.6 Å². The molecular weight excluding hydrogens is 317 g/mol. The third-order valence-electron chi connectivity index (χ3n) is 4.01. The topological polar surface area (TPSA) is 62.7 Å². The second-order valence-corrected chi connectivity index (χ2v) is 6.18. The molecule has 126 valence electrons. The zero-order valence-corrected chi connectivity index (χ0v) is 13.8. The second kappa shape index (κ2) is 6.47. The third kappa shape index (κ3) is 3.74. The van der Waals surface area contributed by atoms with Gasteiger partial charge in [0.25, 0.3) is 0 Å². The number of halogens is 1. The van der Waals surface area contributed by atoms with Gasteiger partial charge >= 0.3 is 0 Å². The van der Waals surface area contributed by atoms with Gasteiger partial charge in [0, 0.05) is 24.0 Å². The van der Waals surface area contributed by atoms with E-state index in [1.807, 2.05) is 30.3 Å². The van der Waals surface area contributed by atoms with E-state index in [2.05, 4.69) is 25.6 Å². The van der Waals surface area contributed by atoms with Gasteiger partial charge in [-0.15, -0.1) is 0 Å². The van der Waals surface area contributed by atoms with E-state index in [1.165, 1.54) is 6.07 Å². The van der Waals surface area contributed by atoms with E-state index in [9.17, 15) is 4.39 Å². The Morgan fingerprint density at radius 3 is 2.64 bits per heavy atom. The summed E-state index contributed by atoms with van der Waals surface area (Å²) in [5, 5.41) is 6.47. The molecule has 2 aromatic heterocycles. The predicted molar refractivity (Wildman–Crippen MR) is 96.3 cm³/mol. The number of nitrogens with one attached hydrogen (secondary N) is 2. The van der Waals surface area contributed by atoms with Gasteiger partial charge in [-0.1, -0.05) is 12.1 Å². The molecule has 1 saturated carbocycles. The Balaban J connectivity index is 1.68. The Kier molecular flexibility index (Phi) is 4.01. The van der Waals surface area contributed by atoms with Crippen molar-refractivity contribution in [2.75, 3.05) is 10.6 Å². The number of anilines is 3. The van der Waals surface area contributed by atoms with Crippen molar-refractivity contribution in [1.82, 2.24) is 15.0 Å². The monoisotopic (exact) mass is 335 g/mol. The first-order chi connectivity index (χ1) is 12.2. The highest BCUT2D eigenvalue weighted by Crippen LogP contribution is 2.27. The second-order valence-electron chi connectivity index (χ2n) is 6.18. The van der Waals surface area contributed by atoms with Crippen LogP contribution >= 0.6 is 0 Å². The standard InChI is InChI=1S/C19H18FN5/c1-12-5-6-14(10-15(12)20)22-18-11-17(16-4-2-3-9-21-16)24-19(25-18)23-13-7-8-13/h2-6,9-11,13H,7-8H2,1H3,(H2,22,23,24,25). The molecule has 1 fully saturated rings. The van der Waals surface area contributed by atoms with E-state index in [1.54, 1.807) is 19.2 Å². The molecule has 0 atom stereocenters. The van der Waals surface area contributed by atoms with Crippen molar-refractivity contribution in [2.45, 2.75) is 25.8 Å². The van der Waals surface area contributed by atoms with Gasteiger partial charge in [0.2, 0.25) is 5.95 Å². The van der Waals surface area contributed by atoms with Gasteiger partial charge in [-0.05, 0) is 49.6 Å². The molecule has 2 heterocycles. The van der Waals surface area contributed by atoms with Crippen molar-refractivity contribution in [3.05, 3.63) is 60.0 Å². The highest BCUT2D eigenvalue weighted by molar-refractivity contribution is 5.65. The smallest absolute Gasteiger partial charge is 0.225 e. The van der Waals surface area contributed by atoms with Gasteiger partial charge in [0.15, 0.2) is 0 Å². The molecule has 5 nitrogen and oxygen atoms in total. The number of pyridine rings is 1. The highest BCUT2D eigenvalue weighted by Gasteiger charge is 2.22. The molecule has 1 aromatic carbocycles. The maximum atomic E-state index is 13.8. The Morgan fingerprint density at radius 1 is 1.04 bits per heavy atom. The number of hydrogen-bond acceptors (Lipinski definition) is 5. The molecule has 6 heteroatoms. The molecule has 3 aromatic rings. The van der Waals surface area contributed by atoms with Crippen LogP contribution in [0.1, 0.15) is 18.4 Å². The zero-order valence-electron chi connectivity index (χ0n) is 13.8. The summed E-state index contributed by atoms with van der Waals surface area (Å²) >= 11 is 0. The van der Waals surface area contributed by atoms with Gasteiger partial charge in [-0.2, -0.15) is 4.98 Å². The van der Waals surface area contributed by atoms with E-state index in [0.29, 0.717) is 34.8 Å². The van der Waals surface area contributed by atoms with E-state index < -0.39 is 0 Å². The Morgan fingerprint density at radius 2 is 1.92 bits per heavy atom. The number of nitrogens with zero attached hydrogens (tertiary/aromatic N) is 3. The quantitative estimate of drug-likeness (QED) is 0.728. The number of hydrogen-bond donors (Lipinski definition) is 2. The molecule has 0 aliphatic heterocycles. The van der Waals surface area contributed by atoms with Crippen LogP contribution in [-0.4, -0.2) is 21.0 Å². The fraction of sp³-hybridized carbons (Fsp3) is 0.211. The van der Waals surface area contributed by atoms with Crippen molar-refractivity contribution in [2.24, 2.45) is 0 Å². The van der Waals surface area contributed by atoms with E-state index in [-0.39, 0.29) is 5.82 Å². The highest BCUT2D eigenvalue weighted by atomic mass is 19.1. The Bertz CT molecular complexity index is 894. The van der Waals surface area contributed by atoms with Crippen LogP contribution in [0.2, 0.25) is 0 Å². The normalized spacial score (nSPS) is 13.5. The van der Waals surface area contributed by atoms with Crippen molar-refractivity contribution < 1.29 is 4.39 Å². The van der Waals surface area contributed by atoms with Crippen LogP contribution in [0.25, 0.3) is 11.4 Å². The van der Waals surface area contributed by atoms with Gasteiger partial charge in [-0.3, -0.25) is 4.98 Å². The first kappa shape index (κ1) is 15.5. The number of aromatic nitrogens is 3. The van der Waals surface area contributed by atoms with Crippen LogP contribution in [-0.2, 0) is 0 Å². The van der Waals surface area contributed by atoms with Crippen molar-refractivity contribution >= 4 is 17.5 Å². The molecule has 4 rings (SSSR count). The lowest BCUT2D eigenvalue weighted by Crippen LogP contribution is -2.08. The molecule has 0 radical (unpaired) electrons. The summed E-state index contributed by atoms with van der Waals surface area (Å²) in [5.41, 5.74) is 2.74.